The van der Waals surface area contributed by atoms with Crippen LogP contribution in [-0.4, -0.2) is 26.7 Å². The Kier molecular flexibility index (Phi) is 4.94. The van der Waals surface area contributed by atoms with Crippen LogP contribution >= 0.6 is 11.3 Å². The Hall–Kier alpha value is -3.66. The molecule has 0 aliphatic carbocycles. The van der Waals surface area contributed by atoms with Crippen LogP contribution in [-0.2, 0) is 0 Å². The molecule has 0 spiro atoms. The predicted molar refractivity (Wildman–Crippen MR) is 100 cm³/mol. The van der Waals surface area contributed by atoms with Crippen molar-refractivity contribution in [2.75, 3.05) is 0 Å². The lowest BCUT2D eigenvalue weighted by Gasteiger charge is -1.98. The minimum atomic E-state index is -0.456. The Morgan fingerprint density at radius 3 is 2.77 bits per heavy atom. The Balaban J connectivity index is 1.82. The van der Waals surface area contributed by atoms with Gasteiger partial charge in [0.1, 0.15) is 5.69 Å². The number of amidine groups is 1. The predicted octanol–water partition coefficient (Wildman–Crippen LogP) is 2.47. The third-order valence-electron chi connectivity index (χ3n) is 3.22. The Labute approximate surface area is 151 Å². The number of benzene rings is 1. The Morgan fingerprint density at radius 2 is 2.04 bits per heavy atom. The van der Waals surface area contributed by atoms with E-state index in [0.717, 1.165) is 0 Å². The van der Waals surface area contributed by atoms with Gasteiger partial charge in [-0.2, -0.15) is 9.98 Å². The minimum Gasteiger partial charge on any atom is -0.382 e. The number of guanidine groups is 1. The van der Waals surface area contributed by atoms with Crippen molar-refractivity contribution in [2.45, 2.75) is 0 Å². The number of nitrogens with zero attached hydrogens (tertiary/aromatic N) is 5. The van der Waals surface area contributed by atoms with E-state index in [-0.39, 0.29) is 17.5 Å². The topological polar surface area (TPSA) is 146 Å². The number of non-ortho nitro benzene ring substituents is 1. The monoisotopic (exact) mass is 367 g/mol. The number of hydrogen-bond donors (Lipinski definition) is 2. The van der Waals surface area contributed by atoms with Gasteiger partial charge in [0.2, 0.25) is 11.1 Å². The number of nitrogens with two attached hydrogens (primary N) is 2. The maximum atomic E-state index is 10.9. The van der Waals surface area contributed by atoms with E-state index in [2.05, 4.69) is 20.0 Å². The first-order valence-electron chi connectivity index (χ1n) is 7.33. The molecule has 3 aromatic rings. The van der Waals surface area contributed by atoms with Gasteiger partial charge >= 0.3 is 0 Å². The summed E-state index contributed by atoms with van der Waals surface area (Å²) in [5.74, 6) is 0.0791. The van der Waals surface area contributed by atoms with Gasteiger partial charge in [-0.1, -0.05) is 18.2 Å². The molecule has 9 nitrogen and oxygen atoms in total. The average Bonchev–Trinajstić information content (AvgIpc) is 3.10. The van der Waals surface area contributed by atoms with Crippen molar-refractivity contribution in [1.29, 1.82) is 0 Å². The number of nitro groups is 1. The summed E-state index contributed by atoms with van der Waals surface area (Å²) in [6.07, 6.45) is 1.59. The highest BCUT2D eigenvalue weighted by atomic mass is 32.1. The highest BCUT2D eigenvalue weighted by molar-refractivity contribution is 7.13. The van der Waals surface area contributed by atoms with Gasteiger partial charge in [-0.3, -0.25) is 15.1 Å². The lowest BCUT2D eigenvalue weighted by atomic mass is 10.1. The second kappa shape index (κ2) is 7.49. The van der Waals surface area contributed by atoms with Gasteiger partial charge in [0, 0.05) is 29.3 Å². The first kappa shape index (κ1) is 17.2. The highest BCUT2D eigenvalue weighted by Gasteiger charge is 2.10. The van der Waals surface area contributed by atoms with Crippen LogP contribution in [0.1, 0.15) is 5.69 Å². The molecule has 0 saturated carbocycles. The molecule has 0 radical (unpaired) electrons. The maximum absolute atomic E-state index is 10.9. The van der Waals surface area contributed by atoms with Crippen molar-refractivity contribution >= 4 is 34.0 Å². The first-order valence-corrected chi connectivity index (χ1v) is 8.21. The Morgan fingerprint density at radius 1 is 1.19 bits per heavy atom. The zero-order valence-corrected chi connectivity index (χ0v) is 14.1. The van der Waals surface area contributed by atoms with Gasteiger partial charge in [-0.25, -0.2) is 4.98 Å². The van der Waals surface area contributed by atoms with Crippen molar-refractivity contribution in [2.24, 2.45) is 21.5 Å². The zero-order chi connectivity index (χ0) is 18.5. The van der Waals surface area contributed by atoms with E-state index in [1.54, 1.807) is 41.9 Å². The molecule has 0 fully saturated rings. The van der Waals surface area contributed by atoms with E-state index in [0.29, 0.717) is 22.1 Å². The summed E-state index contributed by atoms with van der Waals surface area (Å²) in [6.45, 7) is 0. The van der Waals surface area contributed by atoms with Crippen LogP contribution < -0.4 is 11.5 Å². The fourth-order valence-electron chi connectivity index (χ4n) is 2.04. The van der Waals surface area contributed by atoms with Crippen LogP contribution in [0.25, 0.3) is 11.3 Å². The standard InChI is InChI=1S/C16H13N7O2S/c17-14(12-6-1-2-7-19-12)21-15(18)22-16-20-13(9-26-16)10-4-3-5-11(8-10)23(24)25/h1-9H,(H4,17,18,20,21,22). The van der Waals surface area contributed by atoms with Gasteiger partial charge in [0.05, 0.1) is 10.6 Å². The number of aromatic nitrogens is 2. The zero-order valence-electron chi connectivity index (χ0n) is 13.3. The molecule has 2 aromatic heterocycles. The maximum Gasteiger partial charge on any atom is 0.270 e. The molecule has 0 amide bonds. The van der Waals surface area contributed by atoms with Crippen LogP contribution in [0.2, 0.25) is 0 Å². The molecule has 2 heterocycles. The molecule has 0 unspecified atom stereocenters. The lowest BCUT2D eigenvalue weighted by Crippen LogP contribution is -2.20. The van der Waals surface area contributed by atoms with Crippen LogP contribution in [0.15, 0.2) is 64.0 Å². The van der Waals surface area contributed by atoms with Crippen molar-refractivity contribution in [1.82, 2.24) is 9.97 Å². The highest BCUT2D eigenvalue weighted by Crippen LogP contribution is 2.28. The third-order valence-corrected chi connectivity index (χ3v) is 3.95. The summed E-state index contributed by atoms with van der Waals surface area (Å²) in [5.41, 5.74) is 13.3. The minimum absolute atomic E-state index is 0.00667. The lowest BCUT2D eigenvalue weighted by molar-refractivity contribution is -0.384. The van der Waals surface area contributed by atoms with Crippen LogP contribution in [0.3, 0.4) is 0 Å². The number of nitro benzene ring substituents is 1. The summed E-state index contributed by atoms with van der Waals surface area (Å²) in [6, 6.07) is 11.4. The molecule has 0 aliphatic rings. The fourth-order valence-corrected chi connectivity index (χ4v) is 2.75. The molecule has 4 N–H and O–H groups in total. The molecule has 0 saturated heterocycles. The van der Waals surface area contributed by atoms with E-state index >= 15 is 0 Å². The summed E-state index contributed by atoms with van der Waals surface area (Å²) < 4.78 is 0. The third kappa shape index (κ3) is 4.05. The number of hydrogen-bond acceptors (Lipinski definition) is 6. The van der Waals surface area contributed by atoms with Crippen molar-refractivity contribution in [3.05, 3.63) is 69.8 Å². The number of pyridine rings is 1. The van der Waals surface area contributed by atoms with Gasteiger partial charge in [0.15, 0.2) is 5.84 Å². The summed E-state index contributed by atoms with van der Waals surface area (Å²) in [4.78, 5) is 26.9. The second-order valence-electron chi connectivity index (χ2n) is 5.00. The molecule has 0 bridgehead atoms. The van der Waals surface area contributed by atoms with Crippen LogP contribution in [0.5, 0.6) is 0 Å². The molecular weight excluding hydrogens is 354 g/mol. The fraction of sp³-hybridized carbons (Fsp3) is 0. The summed E-state index contributed by atoms with van der Waals surface area (Å²) in [7, 11) is 0. The molecule has 26 heavy (non-hydrogen) atoms. The van der Waals surface area contributed by atoms with Crippen molar-refractivity contribution in [3.8, 4) is 11.3 Å². The van der Waals surface area contributed by atoms with Gasteiger partial charge in [-0.15, -0.1) is 11.3 Å². The molecular formula is C16H13N7O2S. The Bertz CT molecular complexity index is 999. The van der Waals surface area contributed by atoms with E-state index < -0.39 is 4.92 Å². The molecule has 0 atom stereocenters. The number of aliphatic imine (C=N–C) groups is 2. The van der Waals surface area contributed by atoms with Gasteiger partial charge in [-0.05, 0) is 12.1 Å². The van der Waals surface area contributed by atoms with Crippen molar-refractivity contribution < 1.29 is 4.92 Å². The molecule has 3 rings (SSSR count). The largest absolute Gasteiger partial charge is 0.382 e. The van der Waals surface area contributed by atoms with Gasteiger partial charge in [0.25, 0.3) is 5.69 Å². The first-order chi connectivity index (χ1) is 12.5. The number of rotatable bonds is 4. The molecule has 10 heteroatoms. The van der Waals surface area contributed by atoms with Crippen LogP contribution in [0.4, 0.5) is 10.8 Å². The number of thiazole rings is 1. The summed E-state index contributed by atoms with van der Waals surface area (Å²) in [5, 5.41) is 13.0. The normalized spacial score (nSPS) is 12.2. The average molecular weight is 367 g/mol. The molecule has 0 aliphatic heterocycles. The van der Waals surface area contributed by atoms with E-state index in [1.165, 1.54) is 23.5 Å². The van der Waals surface area contributed by atoms with E-state index in [1.807, 2.05) is 0 Å². The van der Waals surface area contributed by atoms with Crippen molar-refractivity contribution in [3.63, 3.8) is 0 Å². The SMILES string of the molecule is N/C(=N\C(N)=N\c1nc(-c2cccc([N+](=O)[O-])c2)cs1)c1ccccn1. The molecule has 1 aromatic carbocycles. The smallest absolute Gasteiger partial charge is 0.270 e. The molecule has 130 valence electrons. The second-order valence-corrected chi connectivity index (χ2v) is 5.84. The quantitative estimate of drug-likeness (QED) is 0.313. The van der Waals surface area contributed by atoms with E-state index in [4.69, 9.17) is 11.5 Å². The van der Waals surface area contributed by atoms with E-state index in [9.17, 15) is 10.1 Å². The van der Waals surface area contributed by atoms with Crippen LogP contribution in [0, 0.1) is 10.1 Å². The van der Waals surface area contributed by atoms with Gasteiger partial charge < -0.3 is 11.5 Å². The summed E-state index contributed by atoms with van der Waals surface area (Å²) >= 11 is 1.24.